The van der Waals surface area contributed by atoms with E-state index in [4.69, 9.17) is 29.9 Å². The molecular formula is C36H64N6O13. The molecule has 2 aliphatic rings. The molecule has 0 aliphatic carbocycles. The van der Waals surface area contributed by atoms with Gasteiger partial charge in [-0.1, -0.05) is 20.8 Å². The van der Waals surface area contributed by atoms with Gasteiger partial charge in [0.05, 0.1) is 52.5 Å². The van der Waals surface area contributed by atoms with Gasteiger partial charge in [0, 0.05) is 96.8 Å². The van der Waals surface area contributed by atoms with E-state index in [0.717, 1.165) is 13.0 Å². The van der Waals surface area contributed by atoms with Crippen LogP contribution in [0.25, 0.3) is 0 Å². The standard InChI is InChI=1S/C20H34N2O7.C16H30N4O6/c1-16(2)18(24)3-4-19(25)22(17-5-8-21(15-23)9-6-17)10-12-29-14-13-28-11-7-20(26)27;1-2-17-3-5-18(11-14(21)22)7-9-20(13-16(25)26)10-8-19(6-4-17)12-15(23)24/h15-17H,3-14H2,1-2H3,(H,26,27);2-13H2,1H3,(H,21,22)(H,23,24)(H,25,26). The molecule has 19 heteroatoms. The molecule has 0 aromatic heterocycles. The summed E-state index contributed by atoms with van der Waals surface area (Å²) in [4.78, 5) is 90.2. The molecule has 0 atom stereocenters. The fourth-order valence-electron chi connectivity index (χ4n) is 6.06. The fourth-order valence-corrected chi connectivity index (χ4v) is 6.06. The minimum absolute atomic E-state index is 0.0308. The minimum Gasteiger partial charge on any atom is -0.481 e. The van der Waals surface area contributed by atoms with Crippen molar-refractivity contribution < 1.29 is 63.5 Å². The molecule has 0 bridgehead atoms. The summed E-state index contributed by atoms with van der Waals surface area (Å²) >= 11 is 0. The number of likely N-dealkylation sites (tertiary alicyclic amines) is 1. The lowest BCUT2D eigenvalue weighted by atomic mass is 10.0. The molecule has 55 heavy (non-hydrogen) atoms. The quantitative estimate of drug-likeness (QED) is 0.0794. The van der Waals surface area contributed by atoms with E-state index < -0.39 is 23.9 Å². The monoisotopic (exact) mass is 788 g/mol. The first kappa shape index (κ1) is 49.3. The Bertz CT molecular complexity index is 1150. The van der Waals surface area contributed by atoms with E-state index in [0.29, 0.717) is 105 Å². The number of carboxylic acids is 4. The lowest BCUT2D eigenvalue weighted by Gasteiger charge is -2.37. The van der Waals surface area contributed by atoms with Gasteiger partial charge in [0.1, 0.15) is 5.78 Å². The Morgan fingerprint density at radius 1 is 0.618 bits per heavy atom. The summed E-state index contributed by atoms with van der Waals surface area (Å²) < 4.78 is 10.7. The van der Waals surface area contributed by atoms with Crippen LogP contribution in [0.4, 0.5) is 0 Å². The summed E-state index contributed by atoms with van der Waals surface area (Å²) in [5.74, 6) is -3.75. The molecule has 19 nitrogen and oxygen atoms in total. The lowest BCUT2D eigenvalue weighted by molar-refractivity contribution is -0.140. The topological polar surface area (TPSA) is 238 Å². The number of carboxylic acid groups (broad SMARTS) is 4. The average Bonchev–Trinajstić information content (AvgIpc) is 3.12. The van der Waals surface area contributed by atoms with Crippen LogP contribution in [0, 0.1) is 5.92 Å². The van der Waals surface area contributed by atoms with E-state index in [9.17, 15) is 33.6 Å². The lowest BCUT2D eigenvalue weighted by Crippen LogP contribution is -2.48. The summed E-state index contributed by atoms with van der Waals surface area (Å²) in [5, 5.41) is 35.8. The van der Waals surface area contributed by atoms with Crippen LogP contribution in [0.1, 0.15) is 52.9 Å². The maximum Gasteiger partial charge on any atom is 0.317 e. The van der Waals surface area contributed by atoms with Gasteiger partial charge in [-0.2, -0.15) is 0 Å². The number of hydrogen-bond acceptors (Lipinski definition) is 13. The first-order valence-corrected chi connectivity index (χ1v) is 19.1. The van der Waals surface area contributed by atoms with Crippen molar-refractivity contribution in [3.05, 3.63) is 0 Å². The van der Waals surface area contributed by atoms with Crippen molar-refractivity contribution in [1.82, 2.24) is 29.4 Å². The third kappa shape index (κ3) is 23.7. The number of piperidine rings is 1. The number of carbonyl (C=O) groups is 7. The Morgan fingerprint density at radius 3 is 1.44 bits per heavy atom. The fraction of sp³-hybridized carbons (Fsp3) is 0.806. The van der Waals surface area contributed by atoms with Crippen LogP contribution in [0.2, 0.25) is 0 Å². The highest BCUT2D eigenvalue weighted by atomic mass is 16.5. The van der Waals surface area contributed by atoms with E-state index in [1.807, 2.05) is 30.6 Å². The molecule has 2 rings (SSSR count). The van der Waals surface area contributed by atoms with Gasteiger partial charge in [-0.25, -0.2) is 0 Å². The second-order valence-electron chi connectivity index (χ2n) is 13.9. The zero-order valence-electron chi connectivity index (χ0n) is 32.8. The van der Waals surface area contributed by atoms with Crippen LogP contribution in [-0.4, -0.2) is 222 Å². The molecule has 0 radical (unpaired) electrons. The summed E-state index contributed by atoms with van der Waals surface area (Å²) in [5.41, 5.74) is 0. The van der Waals surface area contributed by atoms with E-state index in [1.54, 1.807) is 14.7 Å². The Hall–Kier alpha value is -3.75. The van der Waals surface area contributed by atoms with Gasteiger partial charge in [-0.15, -0.1) is 0 Å². The molecule has 2 amide bonds. The minimum atomic E-state index is -0.955. The number of nitrogens with zero attached hydrogens (tertiary/aromatic N) is 6. The van der Waals surface area contributed by atoms with Gasteiger partial charge >= 0.3 is 23.9 Å². The number of hydrogen-bond donors (Lipinski definition) is 4. The third-order valence-corrected chi connectivity index (χ3v) is 9.40. The Balaban J connectivity index is 0.000000553. The predicted octanol–water partition coefficient (Wildman–Crippen LogP) is -0.569. The number of likely N-dealkylation sites (N-methyl/N-ethyl adjacent to an activating group) is 1. The van der Waals surface area contributed by atoms with Crippen molar-refractivity contribution >= 4 is 42.0 Å². The molecule has 0 unspecified atom stereocenters. The number of ketones is 1. The van der Waals surface area contributed by atoms with Gasteiger partial charge in [0.2, 0.25) is 12.3 Å². The molecule has 0 aromatic carbocycles. The Kier molecular flexibility index (Phi) is 25.6. The average molecular weight is 789 g/mol. The van der Waals surface area contributed by atoms with E-state index >= 15 is 0 Å². The molecular weight excluding hydrogens is 724 g/mol. The molecule has 2 fully saturated rings. The van der Waals surface area contributed by atoms with Crippen molar-refractivity contribution in [2.75, 3.05) is 125 Å². The van der Waals surface area contributed by atoms with Gasteiger partial charge in [-0.05, 0) is 19.4 Å². The van der Waals surface area contributed by atoms with Crippen LogP contribution >= 0.6 is 0 Å². The summed E-state index contributed by atoms with van der Waals surface area (Å²) in [6, 6.07) is 0.0308. The van der Waals surface area contributed by atoms with Gasteiger partial charge in [0.15, 0.2) is 0 Å². The molecule has 4 N–H and O–H groups in total. The molecule has 2 saturated heterocycles. The number of carbonyl (C=O) groups excluding carboxylic acids is 3. The van der Waals surface area contributed by atoms with Crippen molar-refractivity contribution in [2.45, 2.75) is 58.9 Å². The molecule has 0 aromatic rings. The largest absolute Gasteiger partial charge is 0.481 e. The van der Waals surface area contributed by atoms with E-state index in [-0.39, 0.29) is 69.2 Å². The van der Waals surface area contributed by atoms with Crippen LogP contribution in [0.5, 0.6) is 0 Å². The molecule has 2 aliphatic heterocycles. The highest BCUT2D eigenvalue weighted by Crippen LogP contribution is 2.18. The molecule has 2 heterocycles. The molecule has 316 valence electrons. The SMILES string of the molecule is CC(C)C(=O)CCC(=O)N(CCOCCOCCC(=O)O)C1CCN(C=O)CC1.CCN1CCN(CC(=O)O)CCN(CC(=O)O)CCN(CC(=O)O)CC1. The van der Waals surface area contributed by atoms with Crippen LogP contribution in [-0.2, 0) is 43.0 Å². The van der Waals surface area contributed by atoms with E-state index in [1.165, 1.54) is 0 Å². The maximum absolute atomic E-state index is 12.7. The molecule has 0 spiro atoms. The maximum atomic E-state index is 12.7. The normalized spacial score (nSPS) is 17.3. The third-order valence-electron chi connectivity index (χ3n) is 9.40. The summed E-state index contributed by atoms with van der Waals surface area (Å²) in [6.45, 7) is 13.1. The van der Waals surface area contributed by atoms with Crippen LogP contribution < -0.4 is 0 Å². The highest BCUT2D eigenvalue weighted by Gasteiger charge is 2.28. The van der Waals surface area contributed by atoms with Crippen LogP contribution in [0.3, 0.4) is 0 Å². The second kappa shape index (κ2) is 28.6. The van der Waals surface area contributed by atoms with Gasteiger partial charge < -0.3 is 44.6 Å². The number of ether oxygens (including phenoxy) is 2. The highest BCUT2D eigenvalue weighted by molar-refractivity contribution is 5.86. The zero-order chi connectivity index (χ0) is 41.2. The predicted molar refractivity (Wildman–Crippen MR) is 200 cm³/mol. The van der Waals surface area contributed by atoms with Crippen molar-refractivity contribution in [3.8, 4) is 0 Å². The number of aliphatic carboxylic acids is 4. The Morgan fingerprint density at radius 2 is 1.05 bits per heavy atom. The van der Waals surface area contributed by atoms with Crippen molar-refractivity contribution in [3.63, 3.8) is 0 Å². The summed E-state index contributed by atoms with van der Waals surface area (Å²) in [7, 11) is 0. The smallest absolute Gasteiger partial charge is 0.317 e. The number of Topliss-reactive ketones (excluding diaryl/α,β-unsaturated/α-hetero) is 1. The second-order valence-corrected chi connectivity index (χ2v) is 13.9. The van der Waals surface area contributed by atoms with Gasteiger partial charge in [0.25, 0.3) is 0 Å². The zero-order valence-corrected chi connectivity index (χ0v) is 32.8. The van der Waals surface area contributed by atoms with Crippen LogP contribution in [0.15, 0.2) is 0 Å². The van der Waals surface area contributed by atoms with E-state index in [2.05, 4.69) is 4.90 Å². The van der Waals surface area contributed by atoms with Crippen molar-refractivity contribution in [1.29, 1.82) is 0 Å². The van der Waals surface area contributed by atoms with Gasteiger partial charge in [-0.3, -0.25) is 48.3 Å². The summed E-state index contributed by atoms with van der Waals surface area (Å²) in [6.07, 6.45) is 2.62. The van der Waals surface area contributed by atoms with Crippen molar-refractivity contribution in [2.24, 2.45) is 5.92 Å². The first-order chi connectivity index (χ1) is 26.1. The first-order valence-electron chi connectivity index (χ1n) is 19.1. The molecule has 0 saturated carbocycles. The number of rotatable bonds is 22. The Labute approximate surface area is 324 Å². The number of amides is 2.